The van der Waals surface area contributed by atoms with Crippen molar-refractivity contribution >= 4 is 98.2 Å². The lowest BCUT2D eigenvalue weighted by Crippen LogP contribution is -2.57. The zero-order chi connectivity index (χ0) is 43.0. The van der Waals surface area contributed by atoms with E-state index in [1.165, 1.54) is 47.2 Å². The molecule has 0 fully saturated rings. The molecule has 2 aliphatic heterocycles. The van der Waals surface area contributed by atoms with Gasteiger partial charge in [-0.05, 0) is 82.7 Å². The third-order valence-corrected chi connectivity index (χ3v) is 15.0. The maximum Gasteiger partial charge on any atom is 0.260 e. The second kappa shape index (κ2) is 13.6. The Balaban J connectivity index is 1.01. The van der Waals surface area contributed by atoms with Crippen LogP contribution in [-0.2, 0) is 0 Å². The summed E-state index contributed by atoms with van der Waals surface area (Å²) in [5.74, 6) is 4.18. The van der Waals surface area contributed by atoms with Gasteiger partial charge < -0.3 is 14.0 Å². The van der Waals surface area contributed by atoms with Gasteiger partial charge in [0.1, 0.15) is 28.8 Å². The molecule has 5 nitrogen and oxygen atoms in total. The average molecular weight is 860 g/mol. The molecule has 0 aliphatic carbocycles. The van der Waals surface area contributed by atoms with E-state index in [1.807, 2.05) is 17.4 Å². The molecule has 66 heavy (non-hydrogen) atoms. The minimum Gasteiger partial charge on any atom is -0.458 e. The lowest BCUT2D eigenvalue weighted by atomic mass is 9.34. The summed E-state index contributed by atoms with van der Waals surface area (Å²) in [5.41, 5.74) is 13.0. The molecule has 6 heterocycles. The second-order valence-corrected chi connectivity index (χ2v) is 18.5. The molecule has 7 heteroatoms. The topological polar surface area (TPSA) is 41.2 Å². The standard InChI is InChI=1S/C59H34BN3O2S/c1-2-13-35(14-3-1)36-25-29-51-45(31-36)60-46-32-37(26-30-52(46)65-54-23-12-22-53(64-51)57(54)60)47-33-38(62-48-19-8-4-15-39(48)40-16-5-9-20-49(40)62)34-56(61-47)63-50-21-10-6-17-41(50)43-27-28-44-42-18-7-11-24-55(42)66-59(44)58(43)63/h1-34H. The highest BCUT2D eigenvalue weighted by Gasteiger charge is 2.40. The Hall–Kier alpha value is -8.39. The minimum atomic E-state index is -0.120. The van der Waals surface area contributed by atoms with Crippen LogP contribution in [0.1, 0.15) is 0 Å². The van der Waals surface area contributed by atoms with E-state index in [1.54, 1.807) is 0 Å². The summed E-state index contributed by atoms with van der Waals surface area (Å²) < 4.78 is 20.8. The first-order valence-corrected chi connectivity index (χ1v) is 23.2. The van der Waals surface area contributed by atoms with E-state index in [0.717, 1.165) is 89.8 Å². The fourth-order valence-electron chi connectivity index (χ4n) is 11.0. The van der Waals surface area contributed by atoms with E-state index in [9.17, 15) is 0 Å². The number of rotatable bonds is 4. The first kappa shape index (κ1) is 36.0. The molecule has 0 unspecified atom stereocenters. The van der Waals surface area contributed by atoms with Gasteiger partial charge in [-0.2, -0.15) is 0 Å². The zero-order valence-electron chi connectivity index (χ0n) is 35.3. The average Bonchev–Trinajstić information content (AvgIpc) is 4.04. The van der Waals surface area contributed by atoms with Crippen LogP contribution in [0.4, 0.5) is 0 Å². The minimum absolute atomic E-state index is 0.120. The molecule has 0 saturated heterocycles. The Kier molecular flexibility index (Phi) is 7.40. The van der Waals surface area contributed by atoms with Crippen molar-refractivity contribution in [1.82, 2.24) is 14.1 Å². The Labute approximate surface area is 383 Å². The van der Waals surface area contributed by atoms with E-state index in [0.29, 0.717) is 0 Å². The number of fused-ring (bicyclic) bond motifs is 14. The van der Waals surface area contributed by atoms with Crippen molar-refractivity contribution < 1.29 is 9.47 Å². The van der Waals surface area contributed by atoms with Gasteiger partial charge in [0.25, 0.3) is 6.71 Å². The van der Waals surface area contributed by atoms with Gasteiger partial charge in [0, 0.05) is 54.1 Å². The zero-order valence-corrected chi connectivity index (χ0v) is 36.1. The maximum atomic E-state index is 6.76. The van der Waals surface area contributed by atoms with Gasteiger partial charge in [0.15, 0.2) is 0 Å². The van der Waals surface area contributed by atoms with Gasteiger partial charge in [0.05, 0.1) is 38.1 Å². The van der Waals surface area contributed by atoms with Gasteiger partial charge in [-0.15, -0.1) is 11.3 Å². The highest BCUT2D eigenvalue weighted by atomic mass is 32.1. The van der Waals surface area contributed by atoms with Crippen molar-refractivity contribution in [3.8, 4) is 56.9 Å². The van der Waals surface area contributed by atoms with Crippen LogP contribution in [0.25, 0.3) is 97.7 Å². The van der Waals surface area contributed by atoms with E-state index in [-0.39, 0.29) is 6.71 Å². The first-order valence-electron chi connectivity index (χ1n) is 22.4. The van der Waals surface area contributed by atoms with Crippen LogP contribution in [-0.4, -0.2) is 20.8 Å². The van der Waals surface area contributed by atoms with Crippen LogP contribution in [0.5, 0.6) is 23.0 Å². The fourth-order valence-corrected chi connectivity index (χ4v) is 12.2. The van der Waals surface area contributed by atoms with Gasteiger partial charge in [0.2, 0.25) is 0 Å². The Morgan fingerprint density at radius 1 is 0.409 bits per heavy atom. The molecule has 9 aromatic carbocycles. The predicted octanol–water partition coefficient (Wildman–Crippen LogP) is 13.7. The molecule has 0 spiro atoms. The van der Waals surface area contributed by atoms with Crippen molar-refractivity contribution in [1.29, 1.82) is 0 Å². The summed E-state index contributed by atoms with van der Waals surface area (Å²) in [7, 11) is 0. The van der Waals surface area contributed by atoms with Crippen molar-refractivity contribution in [3.05, 3.63) is 206 Å². The molecule has 0 saturated carbocycles. The summed E-state index contributed by atoms with van der Waals surface area (Å²) >= 11 is 1.86. The maximum absolute atomic E-state index is 6.76. The molecule has 13 aromatic rings. The monoisotopic (exact) mass is 859 g/mol. The fraction of sp³-hybridized carbons (Fsp3) is 0. The largest absolute Gasteiger partial charge is 0.458 e. The summed E-state index contributed by atoms with van der Waals surface area (Å²) in [6.07, 6.45) is 0. The van der Waals surface area contributed by atoms with Gasteiger partial charge in [-0.1, -0.05) is 140 Å². The molecule has 0 N–H and O–H groups in total. The highest BCUT2D eigenvalue weighted by molar-refractivity contribution is 7.26. The molecule has 2 aliphatic rings. The van der Waals surface area contributed by atoms with Gasteiger partial charge in [-0.3, -0.25) is 4.57 Å². The number of aromatic nitrogens is 3. The quantitative estimate of drug-likeness (QED) is 0.166. The Bertz CT molecular complexity index is 4140. The Morgan fingerprint density at radius 2 is 0.985 bits per heavy atom. The molecule has 0 atom stereocenters. The summed E-state index contributed by atoms with van der Waals surface area (Å²) in [5, 5.41) is 7.37. The van der Waals surface area contributed by atoms with Crippen molar-refractivity contribution in [3.63, 3.8) is 0 Å². The molecule has 4 aromatic heterocycles. The third-order valence-electron chi connectivity index (χ3n) is 13.8. The molecule has 0 radical (unpaired) electrons. The summed E-state index contributed by atoms with van der Waals surface area (Å²) in [6.45, 7) is -0.120. The van der Waals surface area contributed by atoms with E-state index >= 15 is 0 Å². The lowest BCUT2D eigenvalue weighted by Gasteiger charge is -2.33. The molecule has 0 bridgehead atoms. The number of hydrogen-bond acceptors (Lipinski definition) is 4. The van der Waals surface area contributed by atoms with Gasteiger partial charge in [-0.25, -0.2) is 4.98 Å². The number of thiophene rings is 1. The summed E-state index contributed by atoms with van der Waals surface area (Å²) in [4.78, 5) is 5.74. The Morgan fingerprint density at radius 3 is 1.70 bits per heavy atom. The first-order chi connectivity index (χ1) is 32.7. The smallest absolute Gasteiger partial charge is 0.260 e. The van der Waals surface area contributed by atoms with E-state index < -0.39 is 0 Å². The van der Waals surface area contributed by atoms with Crippen molar-refractivity contribution in [2.45, 2.75) is 0 Å². The van der Waals surface area contributed by atoms with Crippen LogP contribution in [0, 0.1) is 0 Å². The number of benzene rings is 9. The van der Waals surface area contributed by atoms with Crippen molar-refractivity contribution in [2.24, 2.45) is 0 Å². The van der Waals surface area contributed by atoms with Crippen molar-refractivity contribution in [2.75, 3.05) is 0 Å². The third kappa shape index (κ3) is 5.09. The highest BCUT2D eigenvalue weighted by Crippen LogP contribution is 2.44. The molecular formula is C59H34BN3O2S. The number of hydrogen-bond donors (Lipinski definition) is 0. The molecule has 15 rings (SSSR count). The second-order valence-electron chi connectivity index (χ2n) is 17.4. The molecule has 0 amide bonds. The molecule has 306 valence electrons. The van der Waals surface area contributed by atoms with E-state index in [4.69, 9.17) is 14.5 Å². The molecular weight excluding hydrogens is 826 g/mol. The number of para-hydroxylation sites is 3. The number of ether oxygens (including phenoxy) is 2. The van der Waals surface area contributed by atoms with Crippen LogP contribution in [0.2, 0.25) is 0 Å². The van der Waals surface area contributed by atoms with Crippen LogP contribution < -0.4 is 25.9 Å². The van der Waals surface area contributed by atoms with E-state index in [2.05, 4.69) is 209 Å². The summed E-state index contributed by atoms with van der Waals surface area (Å²) in [6, 6.07) is 74.0. The van der Waals surface area contributed by atoms with Crippen LogP contribution in [0.3, 0.4) is 0 Å². The van der Waals surface area contributed by atoms with Gasteiger partial charge >= 0.3 is 0 Å². The SMILES string of the molecule is c1ccc(-c2ccc3c(c2)B2c4cc(-c5cc(-n6c7ccccc7c7ccccc76)cc(-n6c7ccccc7c7ccc8c9ccccc9sc8c76)n5)ccc4Oc4cccc(c42)O3)cc1. The van der Waals surface area contributed by atoms with Crippen LogP contribution >= 0.6 is 11.3 Å². The van der Waals surface area contributed by atoms with Crippen LogP contribution in [0.15, 0.2) is 206 Å². The number of nitrogens with zero attached hydrogens (tertiary/aromatic N) is 3. The number of pyridine rings is 1. The predicted molar refractivity (Wildman–Crippen MR) is 274 cm³/mol. The normalized spacial score (nSPS) is 12.8. The lowest BCUT2D eigenvalue weighted by molar-refractivity contribution is 0.464.